The molecule has 1 aliphatic heterocycles. The van der Waals surface area contributed by atoms with Gasteiger partial charge in [0.15, 0.2) is 6.10 Å². The third-order valence-electron chi connectivity index (χ3n) is 10.0. The first-order valence-electron chi connectivity index (χ1n) is 23.7. The number of allylic oxidation sites excluding steroid dienone is 12. The van der Waals surface area contributed by atoms with Gasteiger partial charge in [-0.05, 0) is 83.5 Å². The number of carbonyl (C=O) groups excluding carboxylic acids is 2. The minimum atomic E-state index is -4.75. The summed E-state index contributed by atoms with van der Waals surface area (Å²) >= 11 is 0. The Kier molecular flexibility index (Phi) is 36.7. The number of phosphoric ester groups is 1. The molecule has 3 unspecified atom stereocenters. The van der Waals surface area contributed by atoms with E-state index in [1.807, 2.05) is 18.2 Å². The first-order chi connectivity index (χ1) is 30.6. The molecule has 0 amide bonds. The normalized spacial score (nSPS) is 17.6. The minimum Gasteiger partial charge on any atom is -0.480 e. The van der Waals surface area contributed by atoms with Crippen molar-refractivity contribution in [1.29, 1.82) is 0 Å². The van der Waals surface area contributed by atoms with Crippen LogP contribution >= 0.6 is 7.82 Å². The molecular formula is C50H82NO11P. The number of rotatable bonds is 42. The van der Waals surface area contributed by atoms with Crippen LogP contribution in [0.25, 0.3) is 0 Å². The molecule has 5 atom stereocenters. The Hall–Kier alpha value is -3.38. The number of nitrogens with two attached hydrogens (primary N) is 1. The van der Waals surface area contributed by atoms with Crippen molar-refractivity contribution in [2.75, 3.05) is 19.8 Å². The number of aliphatic carboxylic acids is 1. The number of ether oxygens (including phenoxy) is 3. The molecular weight excluding hydrogens is 822 g/mol. The number of phosphoric acid groups is 1. The molecule has 0 saturated carbocycles. The van der Waals surface area contributed by atoms with Crippen LogP contribution in [0.5, 0.6) is 0 Å². The smallest absolute Gasteiger partial charge is 0.472 e. The predicted octanol–water partition coefficient (Wildman–Crippen LogP) is 12.0. The maximum absolute atomic E-state index is 12.6. The third kappa shape index (κ3) is 37.7. The Balaban J connectivity index is 2.30. The van der Waals surface area contributed by atoms with E-state index in [2.05, 4.69) is 85.2 Å². The Morgan fingerprint density at radius 3 is 1.62 bits per heavy atom. The molecule has 4 N–H and O–H groups in total. The van der Waals surface area contributed by atoms with Crippen molar-refractivity contribution in [2.24, 2.45) is 5.73 Å². The summed E-state index contributed by atoms with van der Waals surface area (Å²) in [4.78, 5) is 46.1. The summed E-state index contributed by atoms with van der Waals surface area (Å²) in [6.07, 6.45) is 52.7. The Bertz CT molecular complexity index is 1450. The van der Waals surface area contributed by atoms with Crippen LogP contribution < -0.4 is 5.73 Å². The van der Waals surface area contributed by atoms with Crippen LogP contribution in [0.1, 0.15) is 168 Å². The van der Waals surface area contributed by atoms with Crippen molar-refractivity contribution >= 4 is 25.7 Å². The van der Waals surface area contributed by atoms with E-state index < -0.39 is 51.1 Å². The molecule has 0 aromatic heterocycles. The number of hydrogen-bond acceptors (Lipinski definition) is 10. The van der Waals surface area contributed by atoms with Gasteiger partial charge in [-0.2, -0.15) is 0 Å². The van der Waals surface area contributed by atoms with Crippen LogP contribution in [-0.4, -0.2) is 72.1 Å². The largest absolute Gasteiger partial charge is 0.480 e. The van der Waals surface area contributed by atoms with Gasteiger partial charge in [-0.15, -0.1) is 0 Å². The monoisotopic (exact) mass is 904 g/mol. The molecule has 1 fully saturated rings. The van der Waals surface area contributed by atoms with Crippen molar-refractivity contribution < 1.29 is 52.2 Å². The standard InChI is InChI=1S/C50H82NO11P/c1-3-5-7-8-9-10-11-12-13-14-15-16-17-18-22-25-28-31-35-39-48(52)58-41-44(42-59-63(56,57)60-43-45(51)50(54)55)61-49(53)40-36-32-29-26-23-20-19-21-24-27-30-34-38-47-46(62-47)37-33-6-4-2/h6,9-10,12-13,20-21,23-24,29-30,32-34,44-47H,3-5,7-8,11,14-19,22,25-28,31,35-43,51H2,1-2H3,(H,54,55)(H,56,57)/b10-9-,13-12-,23-20-,24-21-,32-29-,33-6-,34-30-/t44-,45+,46?,47?/m1/s1. The highest BCUT2D eigenvalue weighted by Crippen LogP contribution is 2.43. The molecule has 1 heterocycles. The van der Waals surface area contributed by atoms with E-state index >= 15 is 0 Å². The van der Waals surface area contributed by atoms with Gasteiger partial charge in [0, 0.05) is 12.8 Å². The lowest BCUT2D eigenvalue weighted by Crippen LogP contribution is -2.34. The molecule has 63 heavy (non-hydrogen) atoms. The summed E-state index contributed by atoms with van der Waals surface area (Å²) in [5.41, 5.74) is 5.34. The average molecular weight is 904 g/mol. The van der Waals surface area contributed by atoms with Gasteiger partial charge in [-0.1, -0.05) is 157 Å². The van der Waals surface area contributed by atoms with Crippen molar-refractivity contribution in [3.63, 3.8) is 0 Å². The first kappa shape index (κ1) is 57.6. The van der Waals surface area contributed by atoms with E-state index in [-0.39, 0.29) is 19.4 Å². The minimum absolute atomic E-state index is 0.0276. The Morgan fingerprint density at radius 2 is 1.06 bits per heavy atom. The number of esters is 2. The number of carboxylic acid groups (broad SMARTS) is 1. The highest BCUT2D eigenvalue weighted by atomic mass is 31.2. The summed E-state index contributed by atoms with van der Waals surface area (Å²) in [6.45, 7) is 2.58. The Labute approximate surface area is 379 Å². The van der Waals surface area contributed by atoms with E-state index in [1.54, 1.807) is 0 Å². The third-order valence-corrected chi connectivity index (χ3v) is 11.0. The zero-order valence-corrected chi connectivity index (χ0v) is 39.5. The fourth-order valence-corrected chi connectivity index (χ4v) is 7.00. The fourth-order valence-electron chi connectivity index (χ4n) is 6.22. The van der Waals surface area contributed by atoms with Crippen molar-refractivity contribution in [1.82, 2.24) is 0 Å². The predicted molar refractivity (Wildman–Crippen MR) is 253 cm³/mol. The highest BCUT2D eigenvalue weighted by Gasteiger charge is 2.36. The number of epoxide rings is 1. The fraction of sp³-hybridized carbons (Fsp3) is 0.660. The van der Waals surface area contributed by atoms with Crippen LogP contribution in [0.4, 0.5) is 0 Å². The van der Waals surface area contributed by atoms with E-state index in [1.165, 1.54) is 57.8 Å². The Morgan fingerprint density at radius 1 is 0.587 bits per heavy atom. The lowest BCUT2D eigenvalue weighted by Gasteiger charge is -2.20. The van der Waals surface area contributed by atoms with Gasteiger partial charge in [0.05, 0.1) is 25.4 Å². The average Bonchev–Trinajstić information content (AvgIpc) is 4.02. The molecule has 0 bridgehead atoms. The van der Waals surface area contributed by atoms with Crippen LogP contribution in [-0.2, 0) is 42.2 Å². The number of hydrogen-bond donors (Lipinski definition) is 3. The van der Waals surface area contributed by atoms with Crippen molar-refractivity contribution in [3.8, 4) is 0 Å². The highest BCUT2D eigenvalue weighted by molar-refractivity contribution is 7.47. The van der Waals surface area contributed by atoms with E-state index in [9.17, 15) is 23.8 Å². The van der Waals surface area contributed by atoms with Gasteiger partial charge in [0.25, 0.3) is 0 Å². The molecule has 0 spiro atoms. The molecule has 12 nitrogen and oxygen atoms in total. The van der Waals surface area contributed by atoms with Gasteiger partial charge in [0.1, 0.15) is 12.6 Å². The van der Waals surface area contributed by atoms with Crippen LogP contribution in [0, 0.1) is 0 Å². The second-order valence-electron chi connectivity index (χ2n) is 15.9. The van der Waals surface area contributed by atoms with Crippen LogP contribution in [0.15, 0.2) is 85.1 Å². The van der Waals surface area contributed by atoms with Gasteiger partial charge < -0.3 is 29.9 Å². The molecule has 1 saturated heterocycles. The van der Waals surface area contributed by atoms with Crippen LogP contribution in [0.3, 0.4) is 0 Å². The van der Waals surface area contributed by atoms with Crippen LogP contribution in [0.2, 0.25) is 0 Å². The molecule has 0 aromatic carbocycles. The molecule has 358 valence electrons. The quantitative estimate of drug-likeness (QED) is 0.0173. The molecule has 13 heteroatoms. The molecule has 1 aliphatic rings. The number of unbranched alkanes of at least 4 members (excludes halogenated alkanes) is 12. The summed E-state index contributed by atoms with van der Waals surface area (Å²) in [7, 11) is -4.75. The van der Waals surface area contributed by atoms with Gasteiger partial charge >= 0.3 is 25.7 Å². The summed E-state index contributed by atoms with van der Waals surface area (Å²) in [6, 6.07) is -1.54. The lowest BCUT2D eigenvalue weighted by molar-refractivity contribution is -0.161. The zero-order chi connectivity index (χ0) is 46.1. The zero-order valence-electron chi connectivity index (χ0n) is 38.6. The number of carbonyl (C=O) groups is 3. The SMILES string of the molecule is CC/C=C\CC1OC1C/C=C\C/C=C\C/C=C\C/C=C\CCC(=O)O[C@H](COC(=O)CCCCCCCCCCC/C=C\C/C=C\CCCCC)COP(=O)(O)OC[C@H](N)C(=O)O. The maximum Gasteiger partial charge on any atom is 0.472 e. The van der Waals surface area contributed by atoms with Gasteiger partial charge in [0.2, 0.25) is 0 Å². The summed E-state index contributed by atoms with van der Waals surface area (Å²) < 4.78 is 38.4. The molecule has 0 aromatic rings. The van der Waals surface area contributed by atoms with Crippen molar-refractivity contribution in [3.05, 3.63) is 85.1 Å². The topological polar surface area (TPSA) is 184 Å². The second kappa shape index (κ2) is 40.2. The van der Waals surface area contributed by atoms with Crippen molar-refractivity contribution in [2.45, 2.75) is 192 Å². The lowest BCUT2D eigenvalue weighted by atomic mass is 10.1. The summed E-state index contributed by atoms with van der Waals surface area (Å²) in [5.74, 6) is -2.50. The van der Waals surface area contributed by atoms with E-state index in [0.29, 0.717) is 31.5 Å². The molecule has 0 radical (unpaired) electrons. The molecule has 1 rings (SSSR count). The van der Waals surface area contributed by atoms with Gasteiger partial charge in [-0.25, -0.2) is 4.57 Å². The van der Waals surface area contributed by atoms with E-state index in [4.69, 9.17) is 29.6 Å². The molecule has 0 aliphatic carbocycles. The first-order valence-corrected chi connectivity index (χ1v) is 25.2. The second-order valence-corrected chi connectivity index (χ2v) is 17.3. The summed E-state index contributed by atoms with van der Waals surface area (Å²) in [5, 5.41) is 8.91. The number of carboxylic acids is 1. The van der Waals surface area contributed by atoms with Gasteiger partial charge in [-0.3, -0.25) is 23.4 Å². The maximum atomic E-state index is 12.6. The van der Waals surface area contributed by atoms with E-state index in [0.717, 1.165) is 64.2 Å².